The van der Waals surface area contributed by atoms with Gasteiger partial charge in [0.25, 0.3) is 0 Å². The van der Waals surface area contributed by atoms with Crippen molar-refractivity contribution in [1.29, 1.82) is 0 Å². The van der Waals surface area contributed by atoms with Gasteiger partial charge in [-0.05, 0) is 63.1 Å². The zero-order valence-electron chi connectivity index (χ0n) is 17.7. The minimum atomic E-state index is 0.0650. The maximum atomic E-state index is 12.9. The molecule has 5 nitrogen and oxygen atoms in total. The average Bonchev–Trinajstić information content (AvgIpc) is 2.71. The Balaban J connectivity index is 1.49. The lowest BCUT2D eigenvalue weighted by Crippen LogP contribution is -2.42. The number of ether oxygens (including phenoxy) is 1. The van der Waals surface area contributed by atoms with E-state index in [0.717, 1.165) is 76.9 Å². The largest absolute Gasteiger partial charge is 0.491 e. The summed E-state index contributed by atoms with van der Waals surface area (Å²) in [7, 11) is 0. The highest BCUT2D eigenvalue weighted by molar-refractivity contribution is 5.79. The molecule has 4 aliphatic rings. The fourth-order valence-electron chi connectivity index (χ4n) is 5.00. The predicted molar refractivity (Wildman–Crippen MR) is 114 cm³/mol. The zero-order valence-corrected chi connectivity index (χ0v) is 17.7. The highest BCUT2D eigenvalue weighted by atomic mass is 16.5. The lowest BCUT2D eigenvalue weighted by molar-refractivity contribution is -0.138. The van der Waals surface area contributed by atoms with E-state index in [1.54, 1.807) is 0 Å². The Labute approximate surface area is 175 Å². The Hall–Kier alpha value is -1.59. The summed E-state index contributed by atoms with van der Waals surface area (Å²) < 4.78 is 6.16. The summed E-state index contributed by atoms with van der Waals surface area (Å²) in [5.74, 6) is 1.50. The molecule has 5 heteroatoms. The Bertz CT molecular complexity index is 680. The van der Waals surface area contributed by atoms with Gasteiger partial charge < -0.3 is 14.7 Å². The van der Waals surface area contributed by atoms with Gasteiger partial charge in [-0.1, -0.05) is 31.0 Å². The van der Waals surface area contributed by atoms with E-state index in [9.17, 15) is 9.90 Å². The van der Waals surface area contributed by atoms with Crippen LogP contribution in [0.5, 0.6) is 5.75 Å². The molecule has 1 aromatic carbocycles. The number of hydrogen-bond acceptors (Lipinski definition) is 4. The van der Waals surface area contributed by atoms with E-state index >= 15 is 0 Å². The smallest absolute Gasteiger partial charge is 0.225 e. The molecule has 160 valence electrons. The van der Waals surface area contributed by atoms with E-state index in [0.29, 0.717) is 19.1 Å². The number of carbonyl (C=O) groups excluding carboxylic acids is 1. The third-order valence-electron chi connectivity index (χ3n) is 7.39. The van der Waals surface area contributed by atoms with Crippen LogP contribution in [-0.4, -0.2) is 60.2 Å². The van der Waals surface area contributed by atoms with Gasteiger partial charge in [-0.15, -0.1) is 0 Å². The number of amides is 1. The summed E-state index contributed by atoms with van der Waals surface area (Å²) in [6, 6.07) is 8.30. The molecule has 3 aliphatic heterocycles. The van der Waals surface area contributed by atoms with Crippen LogP contribution in [0.25, 0.3) is 0 Å². The van der Waals surface area contributed by atoms with Crippen molar-refractivity contribution in [3.63, 3.8) is 0 Å². The van der Waals surface area contributed by atoms with E-state index in [2.05, 4.69) is 17.0 Å². The minimum absolute atomic E-state index is 0.0650. The average molecular weight is 401 g/mol. The molecule has 2 fully saturated rings. The van der Waals surface area contributed by atoms with Gasteiger partial charge >= 0.3 is 0 Å². The summed E-state index contributed by atoms with van der Waals surface area (Å²) in [6.07, 6.45) is 8.54. The van der Waals surface area contributed by atoms with Crippen molar-refractivity contribution in [3.8, 4) is 5.75 Å². The van der Waals surface area contributed by atoms with Gasteiger partial charge in [-0.25, -0.2) is 0 Å². The van der Waals surface area contributed by atoms with Crippen LogP contribution in [-0.2, 0) is 11.3 Å². The summed E-state index contributed by atoms with van der Waals surface area (Å²) in [6.45, 7) is 5.26. The number of rotatable bonds is 2. The van der Waals surface area contributed by atoms with E-state index in [4.69, 9.17) is 4.74 Å². The lowest BCUT2D eigenvalue weighted by Gasteiger charge is -2.41. The van der Waals surface area contributed by atoms with Crippen molar-refractivity contribution in [2.45, 2.75) is 57.9 Å². The normalized spacial score (nSPS) is 29.1. The van der Waals surface area contributed by atoms with E-state index < -0.39 is 0 Å². The number of benzene rings is 1. The number of fused-ring (bicyclic) bond motifs is 9. The van der Waals surface area contributed by atoms with Crippen LogP contribution >= 0.6 is 0 Å². The predicted octanol–water partition coefficient (Wildman–Crippen LogP) is 3.45. The van der Waals surface area contributed by atoms with Crippen molar-refractivity contribution in [2.24, 2.45) is 11.3 Å². The van der Waals surface area contributed by atoms with Crippen molar-refractivity contribution in [3.05, 3.63) is 29.8 Å². The second-order valence-electron chi connectivity index (χ2n) is 9.30. The standard InChI is InChI=1S/C24H36N2O3/c27-19-24-10-3-4-13-26(23(28)20-7-5-8-20)16-17-29-22-9-2-1-6-21(22)18-25(14-11-24)15-12-24/h1-2,6,9,20,27H,3-5,7-8,10-19H2. The first-order valence-electron chi connectivity index (χ1n) is 11.5. The molecule has 2 bridgehead atoms. The second-order valence-corrected chi connectivity index (χ2v) is 9.30. The fourth-order valence-corrected chi connectivity index (χ4v) is 5.00. The van der Waals surface area contributed by atoms with Crippen molar-refractivity contribution >= 4 is 5.91 Å². The van der Waals surface area contributed by atoms with Gasteiger partial charge in [0.2, 0.25) is 5.91 Å². The molecule has 1 aliphatic carbocycles. The molecule has 1 saturated carbocycles. The van der Waals surface area contributed by atoms with E-state index in [1.807, 2.05) is 17.0 Å². The maximum Gasteiger partial charge on any atom is 0.225 e. The molecule has 0 aromatic heterocycles. The monoisotopic (exact) mass is 400 g/mol. The van der Waals surface area contributed by atoms with Crippen LogP contribution in [0.4, 0.5) is 0 Å². The summed E-state index contributed by atoms with van der Waals surface area (Å²) >= 11 is 0. The molecule has 1 saturated heterocycles. The fraction of sp³-hybridized carbons (Fsp3) is 0.708. The van der Waals surface area contributed by atoms with Crippen LogP contribution in [0.2, 0.25) is 0 Å². The van der Waals surface area contributed by atoms with Crippen LogP contribution in [0, 0.1) is 11.3 Å². The van der Waals surface area contributed by atoms with Gasteiger partial charge in [0, 0.05) is 31.2 Å². The van der Waals surface area contributed by atoms with Gasteiger partial charge in [-0.3, -0.25) is 9.69 Å². The zero-order chi connectivity index (χ0) is 20.1. The molecule has 5 rings (SSSR count). The summed E-state index contributed by atoms with van der Waals surface area (Å²) in [4.78, 5) is 17.4. The molecule has 0 atom stereocenters. The van der Waals surface area contributed by atoms with Crippen LogP contribution < -0.4 is 4.74 Å². The summed E-state index contributed by atoms with van der Waals surface area (Å²) in [5, 5.41) is 10.1. The Morgan fingerprint density at radius 2 is 1.83 bits per heavy atom. The topological polar surface area (TPSA) is 53.0 Å². The van der Waals surface area contributed by atoms with Gasteiger partial charge in [-0.2, -0.15) is 0 Å². The molecule has 0 unspecified atom stereocenters. The molecule has 3 heterocycles. The second kappa shape index (κ2) is 9.48. The number of piperidine rings is 1. The number of nitrogens with zero attached hydrogens (tertiary/aromatic N) is 2. The highest BCUT2D eigenvalue weighted by Crippen LogP contribution is 2.37. The molecule has 29 heavy (non-hydrogen) atoms. The maximum absolute atomic E-state index is 12.9. The molecule has 0 radical (unpaired) electrons. The Morgan fingerprint density at radius 3 is 2.55 bits per heavy atom. The molecular formula is C24H36N2O3. The first-order valence-corrected chi connectivity index (χ1v) is 11.5. The van der Waals surface area contributed by atoms with Crippen molar-refractivity contribution in [2.75, 3.05) is 39.4 Å². The molecule has 1 amide bonds. The molecule has 0 spiro atoms. The van der Waals surface area contributed by atoms with Gasteiger partial charge in [0.1, 0.15) is 12.4 Å². The lowest BCUT2D eigenvalue weighted by atomic mass is 9.75. The van der Waals surface area contributed by atoms with Crippen molar-refractivity contribution in [1.82, 2.24) is 9.80 Å². The van der Waals surface area contributed by atoms with Crippen LogP contribution in [0.15, 0.2) is 24.3 Å². The van der Waals surface area contributed by atoms with E-state index in [1.165, 1.54) is 12.0 Å². The first-order chi connectivity index (χ1) is 14.2. The van der Waals surface area contributed by atoms with Crippen molar-refractivity contribution < 1.29 is 14.6 Å². The Morgan fingerprint density at radius 1 is 1.03 bits per heavy atom. The number of aliphatic hydroxyl groups is 1. The number of carbonyl (C=O) groups is 1. The number of aliphatic hydroxyl groups excluding tert-OH is 1. The third-order valence-corrected chi connectivity index (χ3v) is 7.39. The number of para-hydroxylation sites is 1. The van der Waals surface area contributed by atoms with Gasteiger partial charge in [0.05, 0.1) is 6.54 Å². The molecule has 1 aromatic rings. The third kappa shape index (κ3) is 4.95. The van der Waals surface area contributed by atoms with Crippen LogP contribution in [0.3, 0.4) is 0 Å². The molecule has 1 N–H and O–H groups in total. The Kier molecular flexibility index (Phi) is 6.76. The summed E-state index contributed by atoms with van der Waals surface area (Å²) in [5.41, 5.74) is 1.28. The quantitative estimate of drug-likeness (QED) is 0.826. The van der Waals surface area contributed by atoms with Gasteiger partial charge in [0.15, 0.2) is 0 Å². The first kappa shape index (κ1) is 20.7. The van der Waals surface area contributed by atoms with Crippen LogP contribution in [0.1, 0.15) is 56.9 Å². The van der Waals surface area contributed by atoms with E-state index in [-0.39, 0.29) is 17.9 Å². The molecular weight excluding hydrogens is 364 g/mol. The number of hydrogen-bond donors (Lipinski definition) is 1. The highest BCUT2D eigenvalue weighted by Gasteiger charge is 2.34. The SMILES string of the molecule is O=C(C1CCC1)N1CCCCC2(CO)CCN(CC2)Cc2ccccc2OCC1. The minimum Gasteiger partial charge on any atom is -0.491 e.